The van der Waals surface area contributed by atoms with Crippen molar-refractivity contribution in [1.29, 1.82) is 0 Å². The van der Waals surface area contributed by atoms with Gasteiger partial charge in [0.25, 0.3) is 0 Å². The topological polar surface area (TPSA) is 12.4 Å². The molecule has 0 bridgehead atoms. The zero-order valence-electron chi connectivity index (χ0n) is 5.86. The van der Waals surface area contributed by atoms with Crippen LogP contribution in [0.3, 0.4) is 0 Å². The number of halogens is 2. The fourth-order valence-corrected chi connectivity index (χ4v) is 14.1. The molecule has 0 aliphatic carbocycles. The summed E-state index contributed by atoms with van der Waals surface area (Å²) in [5, 5.41) is 0. The van der Waals surface area contributed by atoms with Crippen LogP contribution in [0.25, 0.3) is 0 Å². The SMILES string of the molecule is CC[PH](I)(I)N=S=S=S=S(=S)=S. The van der Waals surface area contributed by atoms with E-state index in [2.05, 4.69) is 55.1 Å². The monoisotopic (exact) mass is 521 g/mol. The van der Waals surface area contributed by atoms with Crippen LogP contribution in [-0.2, 0) is 56.8 Å². The van der Waals surface area contributed by atoms with E-state index < -0.39 is 2.70 Å². The van der Waals surface area contributed by atoms with Crippen LogP contribution in [0.2, 0.25) is 0 Å². The fourth-order valence-electron chi connectivity index (χ4n) is 0.169. The molecule has 12 heavy (non-hydrogen) atoms. The fraction of sp³-hybridized carbons (Fsp3) is 1.00. The minimum atomic E-state index is -1.32. The average Bonchev–Trinajstić information content (AvgIpc) is 1.98. The summed E-state index contributed by atoms with van der Waals surface area (Å²) in [7, 11) is 4.68. The van der Waals surface area contributed by atoms with Crippen molar-refractivity contribution in [3.63, 3.8) is 0 Å². The van der Waals surface area contributed by atoms with Crippen LogP contribution in [0, 0.1) is 0 Å². The Morgan fingerprint density at radius 1 is 1.50 bits per heavy atom. The Hall–Kier alpha value is 3.01. The van der Waals surface area contributed by atoms with Gasteiger partial charge in [-0.15, -0.1) is 0 Å². The van der Waals surface area contributed by atoms with Crippen LogP contribution in [0.1, 0.15) is 6.92 Å². The summed E-state index contributed by atoms with van der Waals surface area (Å²) in [4.78, 5) is 0. The van der Waals surface area contributed by atoms with Gasteiger partial charge in [0, 0.05) is 0 Å². The molecular weight excluding hydrogens is 515 g/mol. The summed E-state index contributed by atoms with van der Waals surface area (Å²) in [6, 6.07) is 0. The zero-order valence-corrected chi connectivity index (χ0v) is 16.1. The summed E-state index contributed by atoms with van der Waals surface area (Å²) in [6.45, 7) is 1.81. The molecule has 0 unspecified atom stereocenters. The molecule has 0 heterocycles. The quantitative estimate of drug-likeness (QED) is 0.410. The van der Waals surface area contributed by atoms with Crippen molar-refractivity contribution >= 4 is 104 Å². The molecule has 0 saturated carbocycles. The molecule has 0 radical (unpaired) electrons. The first-order valence-electron chi connectivity index (χ1n) is 2.68. The average molecular weight is 521 g/mol. The van der Waals surface area contributed by atoms with Gasteiger partial charge in [-0.1, -0.05) is 0 Å². The second kappa shape index (κ2) is 8.20. The molecule has 0 spiro atoms. The van der Waals surface area contributed by atoms with Gasteiger partial charge >= 0.3 is 121 Å². The van der Waals surface area contributed by atoms with Crippen molar-refractivity contribution in [2.45, 2.75) is 6.92 Å². The molecular formula is C2H6I2NPS6. The van der Waals surface area contributed by atoms with Crippen LogP contribution in [0.5, 0.6) is 0 Å². The van der Waals surface area contributed by atoms with Crippen LogP contribution < -0.4 is 0 Å². The Labute approximate surface area is 118 Å². The van der Waals surface area contributed by atoms with Gasteiger partial charge in [0.1, 0.15) is 0 Å². The van der Waals surface area contributed by atoms with E-state index in [4.69, 9.17) is 22.4 Å². The van der Waals surface area contributed by atoms with E-state index in [1.807, 2.05) is 0 Å². The van der Waals surface area contributed by atoms with Gasteiger partial charge in [-0.05, 0) is 0 Å². The van der Waals surface area contributed by atoms with Crippen LogP contribution in [0.4, 0.5) is 0 Å². The maximum absolute atomic E-state index is 4.85. The number of rotatable bonds is 2. The summed E-state index contributed by atoms with van der Waals surface area (Å²) in [5.74, 6) is 0. The molecule has 0 saturated heterocycles. The van der Waals surface area contributed by atoms with Crippen LogP contribution in [0.15, 0.2) is 4.13 Å². The van der Waals surface area contributed by atoms with Gasteiger partial charge in [-0.2, -0.15) is 0 Å². The van der Waals surface area contributed by atoms with E-state index in [1.165, 1.54) is 16.3 Å². The van der Waals surface area contributed by atoms with Gasteiger partial charge in [-0.25, -0.2) is 0 Å². The molecule has 0 aromatic rings. The van der Waals surface area contributed by atoms with Crippen molar-refractivity contribution in [3.05, 3.63) is 0 Å². The van der Waals surface area contributed by atoms with Gasteiger partial charge in [-0.3, -0.25) is 0 Å². The predicted molar refractivity (Wildman–Crippen MR) is 93.5 cm³/mol. The summed E-state index contributed by atoms with van der Waals surface area (Å²) >= 11 is 14.6. The second-order valence-corrected chi connectivity index (χ2v) is 30.6. The summed E-state index contributed by atoms with van der Waals surface area (Å²) < 4.78 is 3.21. The molecule has 0 rings (SSSR count). The second-order valence-electron chi connectivity index (χ2n) is 1.53. The standard InChI is InChI=1S/C2H6I2NPS6/c1-2-6(3,4)5-9-10-11-12(7)8/h6H,2H2,1H3. The van der Waals surface area contributed by atoms with Crippen molar-refractivity contribution in [2.75, 3.05) is 6.16 Å². The molecule has 0 aliphatic rings. The first-order chi connectivity index (χ1) is 5.48. The van der Waals surface area contributed by atoms with E-state index in [1.54, 1.807) is 17.8 Å². The number of hydrogen-bond acceptors (Lipinski definition) is 3. The van der Waals surface area contributed by atoms with Crippen molar-refractivity contribution in [1.82, 2.24) is 0 Å². The first kappa shape index (κ1) is 15.0. The normalized spacial score (nSPS) is 11.6. The van der Waals surface area contributed by atoms with Gasteiger partial charge in [0.2, 0.25) is 0 Å². The Bertz CT molecular complexity index is 372. The Balaban J connectivity index is 4.91. The van der Waals surface area contributed by atoms with Crippen molar-refractivity contribution in [2.24, 2.45) is 4.13 Å². The maximum atomic E-state index is 4.85. The molecule has 0 amide bonds. The minimum absolute atomic E-state index is 0.370. The molecule has 10 heteroatoms. The predicted octanol–water partition coefficient (Wildman–Crippen LogP) is 3.09. The van der Waals surface area contributed by atoms with E-state index in [0.29, 0.717) is 0 Å². The van der Waals surface area contributed by atoms with Crippen LogP contribution >= 0.6 is 46.8 Å². The molecule has 74 valence electrons. The first-order valence-corrected chi connectivity index (χ1v) is 18.1. The summed E-state index contributed by atoms with van der Waals surface area (Å²) in [6.07, 6.45) is 1.17. The molecule has 0 aromatic heterocycles. The Morgan fingerprint density at radius 3 is 2.50 bits per heavy atom. The number of nitrogens with zero attached hydrogens (tertiary/aromatic N) is 1. The van der Waals surface area contributed by atoms with Gasteiger partial charge in [0.15, 0.2) is 0 Å². The molecule has 0 atom stereocenters. The third-order valence-electron chi connectivity index (χ3n) is 0.710. The number of hydrogen-bond donors (Lipinski definition) is 0. The van der Waals surface area contributed by atoms with Gasteiger partial charge < -0.3 is 0 Å². The van der Waals surface area contributed by atoms with E-state index in [9.17, 15) is 0 Å². The van der Waals surface area contributed by atoms with Crippen molar-refractivity contribution in [3.8, 4) is 0 Å². The zero-order chi connectivity index (χ0) is 9.61. The Morgan fingerprint density at radius 2 is 2.08 bits per heavy atom. The molecule has 0 aliphatic heterocycles. The molecule has 0 fully saturated rings. The Kier molecular flexibility index (Phi) is 10.3. The van der Waals surface area contributed by atoms with Gasteiger partial charge in [0.05, 0.1) is 0 Å². The van der Waals surface area contributed by atoms with Crippen LogP contribution in [-0.4, -0.2) is 6.16 Å². The third-order valence-corrected chi connectivity index (χ3v) is 19.2. The van der Waals surface area contributed by atoms with E-state index in [0.717, 1.165) is 0 Å². The summed E-state index contributed by atoms with van der Waals surface area (Å²) in [5.41, 5.74) is 0. The molecule has 0 N–H and O–H groups in total. The molecule has 1 nitrogen and oxygen atoms in total. The molecule has 0 aromatic carbocycles. The van der Waals surface area contributed by atoms with E-state index in [-0.39, 0.29) is 6.57 Å². The third kappa shape index (κ3) is 9.56. The van der Waals surface area contributed by atoms with E-state index >= 15 is 0 Å². The van der Waals surface area contributed by atoms with Crippen molar-refractivity contribution < 1.29 is 0 Å².